The molecule has 0 spiro atoms. The molecule has 0 bridgehead atoms. The molecule has 4 nitrogen and oxygen atoms in total. The first-order chi connectivity index (χ1) is 12.4. The quantitative estimate of drug-likeness (QED) is 0.421. The van der Waals surface area contributed by atoms with Crippen molar-refractivity contribution in [3.63, 3.8) is 0 Å². The van der Waals surface area contributed by atoms with E-state index in [0.29, 0.717) is 19.8 Å². The van der Waals surface area contributed by atoms with Gasteiger partial charge < -0.3 is 19.8 Å². The Bertz CT molecular complexity index is 372. The van der Waals surface area contributed by atoms with Gasteiger partial charge in [-0.05, 0) is 44.3 Å². The standard InChI is InChI=1S/C21H37NO3/c23-17-10-3-1-8-14-22(15-9-2-4-11-18-24)16-19-25-20-21-12-6-5-7-13-21/h5-7,12-13,23-24H,1-4,8-11,14-20H2. The van der Waals surface area contributed by atoms with Gasteiger partial charge in [0.25, 0.3) is 0 Å². The summed E-state index contributed by atoms with van der Waals surface area (Å²) in [7, 11) is 0. The molecule has 1 rings (SSSR count). The highest BCUT2D eigenvalue weighted by Gasteiger charge is 2.05. The lowest BCUT2D eigenvalue weighted by Gasteiger charge is -2.22. The minimum atomic E-state index is 0.307. The van der Waals surface area contributed by atoms with Crippen LogP contribution >= 0.6 is 0 Å². The average molecular weight is 352 g/mol. The highest BCUT2D eigenvalue weighted by atomic mass is 16.5. The molecule has 0 aliphatic rings. The van der Waals surface area contributed by atoms with Crippen LogP contribution in [0, 0.1) is 0 Å². The van der Waals surface area contributed by atoms with Crippen molar-refractivity contribution in [2.75, 3.05) is 39.5 Å². The van der Waals surface area contributed by atoms with Gasteiger partial charge >= 0.3 is 0 Å². The van der Waals surface area contributed by atoms with E-state index in [9.17, 15) is 0 Å². The first-order valence-corrected chi connectivity index (χ1v) is 9.92. The summed E-state index contributed by atoms with van der Waals surface area (Å²) < 4.78 is 5.83. The molecule has 0 fully saturated rings. The fourth-order valence-corrected chi connectivity index (χ4v) is 2.89. The Morgan fingerprint density at radius 3 is 1.80 bits per heavy atom. The van der Waals surface area contributed by atoms with E-state index in [4.69, 9.17) is 14.9 Å². The summed E-state index contributed by atoms with van der Waals surface area (Å²) in [4.78, 5) is 2.50. The van der Waals surface area contributed by atoms with Crippen molar-refractivity contribution >= 4 is 0 Å². The molecule has 0 saturated heterocycles. The minimum absolute atomic E-state index is 0.307. The predicted octanol–water partition coefficient (Wildman–Crippen LogP) is 3.61. The third-order valence-corrected chi connectivity index (χ3v) is 4.43. The number of hydrogen-bond donors (Lipinski definition) is 2. The Balaban J connectivity index is 2.18. The van der Waals surface area contributed by atoms with Crippen LogP contribution in [0.25, 0.3) is 0 Å². The first kappa shape index (κ1) is 22.1. The van der Waals surface area contributed by atoms with Crippen molar-refractivity contribution < 1.29 is 14.9 Å². The lowest BCUT2D eigenvalue weighted by molar-refractivity contribution is 0.0911. The number of aliphatic hydroxyl groups excluding tert-OH is 2. The van der Waals surface area contributed by atoms with Crippen molar-refractivity contribution in [1.82, 2.24) is 4.90 Å². The molecule has 0 unspecified atom stereocenters. The Morgan fingerprint density at radius 1 is 0.680 bits per heavy atom. The Labute approximate surface area is 153 Å². The molecule has 1 aromatic carbocycles. The maximum Gasteiger partial charge on any atom is 0.0717 e. The molecule has 0 atom stereocenters. The smallest absolute Gasteiger partial charge is 0.0717 e. The van der Waals surface area contributed by atoms with Crippen LogP contribution in [0.5, 0.6) is 0 Å². The highest BCUT2D eigenvalue weighted by Crippen LogP contribution is 2.06. The lowest BCUT2D eigenvalue weighted by Crippen LogP contribution is -2.30. The second-order valence-corrected chi connectivity index (χ2v) is 6.66. The molecule has 25 heavy (non-hydrogen) atoms. The fourth-order valence-electron chi connectivity index (χ4n) is 2.89. The van der Waals surface area contributed by atoms with Crippen molar-refractivity contribution in [3.05, 3.63) is 35.9 Å². The molecular formula is C21H37NO3. The molecule has 0 aliphatic heterocycles. The third-order valence-electron chi connectivity index (χ3n) is 4.43. The second kappa shape index (κ2) is 16.5. The zero-order valence-electron chi connectivity index (χ0n) is 15.7. The van der Waals surface area contributed by atoms with Gasteiger partial charge in [0.05, 0.1) is 13.2 Å². The van der Waals surface area contributed by atoms with E-state index in [0.717, 1.165) is 51.9 Å². The molecule has 0 aliphatic carbocycles. The van der Waals surface area contributed by atoms with E-state index >= 15 is 0 Å². The molecule has 0 amide bonds. The van der Waals surface area contributed by atoms with E-state index < -0.39 is 0 Å². The maximum absolute atomic E-state index is 8.85. The SMILES string of the molecule is OCCCCCCN(CCCCCCO)CCOCc1ccccc1. The van der Waals surface area contributed by atoms with E-state index in [-0.39, 0.29) is 0 Å². The maximum atomic E-state index is 8.85. The number of ether oxygens (including phenoxy) is 1. The van der Waals surface area contributed by atoms with Gasteiger partial charge in [0, 0.05) is 19.8 Å². The summed E-state index contributed by atoms with van der Waals surface area (Å²) in [6.07, 6.45) is 8.82. The second-order valence-electron chi connectivity index (χ2n) is 6.66. The van der Waals surface area contributed by atoms with Crippen molar-refractivity contribution in [2.45, 2.75) is 58.0 Å². The normalized spacial score (nSPS) is 11.3. The summed E-state index contributed by atoms with van der Waals surface area (Å²) in [5, 5.41) is 17.7. The highest BCUT2D eigenvalue weighted by molar-refractivity contribution is 5.13. The van der Waals surface area contributed by atoms with Crippen LogP contribution in [0.4, 0.5) is 0 Å². The molecule has 2 N–H and O–H groups in total. The Kier molecular flexibility index (Phi) is 14.6. The molecule has 144 valence electrons. The van der Waals surface area contributed by atoms with Crippen LogP contribution in [0.2, 0.25) is 0 Å². The summed E-state index contributed by atoms with van der Waals surface area (Å²) in [6.45, 7) is 5.26. The van der Waals surface area contributed by atoms with Gasteiger partial charge in [-0.2, -0.15) is 0 Å². The Morgan fingerprint density at radius 2 is 1.24 bits per heavy atom. The topological polar surface area (TPSA) is 52.9 Å². The molecular weight excluding hydrogens is 314 g/mol. The van der Waals surface area contributed by atoms with Crippen molar-refractivity contribution in [3.8, 4) is 0 Å². The minimum Gasteiger partial charge on any atom is -0.396 e. The van der Waals surface area contributed by atoms with Crippen molar-refractivity contribution in [2.24, 2.45) is 0 Å². The molecule has 0 radical (unpaired) electrons. The van der Waals surface area contributed by atoms with E-state index in [1.807, 2.05) is 18.2 Å². The summed E-state index contributed by atoms with van der Waals surface area (Å²) in [6, 6.07) is 10.3. The van der Waals surface area contributed by atoms with E-state index in [1.165, 1.54) is 31.2 Å². The van der Waals surface area contributed by atoms with Crippen LogP contribution < -0.4 is 0 Å². The van der Waals surface area contributed by atoms with E-state index in [2.05, 4.69) is 17.0 Å². The van der Waals surface area contributed by atoms with Crippen LogP contribution in [-0.2, 0) is 11.3 Å². The molecule has 1 aromatic rings. The molecule has 0 aromatic heterocycles. The number of hydrogen-bond acceptors (Lipinski definition) is 4. The monoisotopic (exact) mass is 351 g/mol. The summed E-state index contributed by atoms with van der Waals surface area (Å²) in [5.74, 6) is 0. The van der Waals surface area contributed by atoms with Gasteiger partial charge in [0.1, 0.15) is 0 Å². The van der Waals surface area contributed by atoms with Gasteiger partial charge in [-0.25, -0.2) is 0 Å². The van der Waals surface area contributed by atoms with Gasteiger partial charge in [-0.1, -0.05) is 56.0 Å². The van der Waals surface area contributed by atoms with Crippen LogP contribution in [0.3, 0.4) is 0 Å². The number of unbranched alkanes of at least 4 members (excludes halogenated alkanes) is 6. The largest absolute Gasteiger partial charge is 0.396 e. The lowest BCUT2D eigenvalue weighted by atomic mass is 10.1. The number of aliphatic hydroxyl groups is 2. The number of rotatable bonds is 17. The van der Waals surface area contributed by atoms with Crippen LogP contribution in [0.15, 0.2) is 30.3 Å². The molecule has 0 heterocycles. The van der Waals surface area contributed by atoms with Crippen LogP contribution in [-0.4, -0.2) is 54.6 Å². The summed E-state index contributed by atoms with van der Waals surface area (Å²) in [5.41, 5.74) is 1.22. The number of nitrogens with zero attached hydrogens (tertiary/aromatic N) is 1. The van der Waals surface area contributed by atoms with Crippen LogP contribution in [0.1, 0.15) is 56.9 Å². The van der Waals surface area contributed by atoms with Gasteiger partial charge in [-0.3, -0.25) is 0 Å². The fraction of sp³-hybridized carbons (Fsp3) is 0.714. The Hall–Kier alpha value is -0.940. The zero-order chi connectivity index (χ0) is 18.0. The third kappa shape index (κ3) is 13.0. The first-order valence-electron chi connectivity index (χ1n) is 9.92. The average Bonchev–Trinajstić information content (AvgIpc) is 2.65. The van der Waals surface area contributed by atoms with Gasteiger partial charge in [0.2, 0.25) is 0 Å². The van der Waals surface area contributed by atoms with Gasteiger partial charge in [0.15, 0.2) is 0 Å². The van der Waals surface area contributed by atoms with E-state index in [1.54, 1.807) is 0 Å². The van der Waals surface area contributed by atoms with Crippen molar-refractivity contribution in [1.29, 1.82) is 0 Å². The summed E-state index contributed by atoms with van der Waals surface area (Å²) >= 11 is 0. The predicted molar refractivity (Wildman–Crippen MR) is 104 cm³/mol. The molecule has 0 saturated carbocycles. The molecule has 4 heteroatoms. The van der Waals surface area contributed by atoms with Gasteiger partial charge in [-0.15, -0.1) is 0 Å². The number of benzene rings is 1. The zero-order valence-corrected chi connectivity index (χ0v) is 15.7.